The highest BCUT2D eigenvalue weighted by molar-refractivity contribution is 4.99. The second-order valence-electron chi connectivity index (χ2n) is 7.83. The summed E-state index contributed by atoms with van der Waals surface area (Å²) in [6, 6.07) is 0.705. The second-order valence-corrected chi connectivity index (χ2v) is 7.83. The van der Waals surface area contributed by atoms with Crippen LogP contribution in [0.25, 0.3) is 0 Å². The molecule has 2 N–H and O–H groups in total. The van der Waals surface area contributed by atoms with Crippen molar-refractivity contribution in [2.24, 2.45) is 11.7 Å². The summed E-state index contributed by atoms with van der Waals surface area (Å²) in [7, 11) is 4.43. The average Bonchev–Trinajstić information content (AvgIpc) is 2.48. The molecule has 0 saturated carbocycles. The standard InChI is InChI=1S/C17H36N4/c1-15(2)12-20-10-7-17(14-18,8-11-20)21-9-5-6-16(13-21)19(3)4/h15-16H,5-14,18H2,1-4H3. The first kappa shape index (κ1) is 17.2. The summed E-state index contributed by atoms with van der Waals surface area (Å²) in [5.41, 5.74) is 6.53. The SMILES string of the molecule is CC(C)CN1CCC(CN)(N2CCCC(N(C)C)C2)CC1. The van der Waals surface area contributed by atoms with Gasteiger partial charge in [0.15, 0.2) is 0 Å². The summed E-state index contributed by atoms with van der Waals surface area (Å²) in [4.78, 5) is 7.75. The molecule has 0 amide bonds. The molecule has 21 heavy (non-hydrogen) atoms. The van der Waals surface area contributed by atoms with Gasteiger partial charge in [-0.1, -0.05) is 13.8 Å². The Hall–Kier alpha value is -0.160. The van der Waals surface area contributed by atoms with Gasteiger partial charge in [-0.15, -0.1) is 0 Å². The third-order valence-electron chi connectivity index (χ3n) is 5.59. The van der Waals surface area contributed by atoms with E-state index in [1.807, 2.05) is 0 Å². The first-order valence-electron chi connectivity index (χ1n) is 8.81. The maximum absolute atomic E-state index is 6.26. The maximum atomic E-state index is 6.26. The lowest BCUT2D eigenvalue weighted by molar-refractivity contribution is -0.00871. The van der Waals surface area contributed by atoms with Crippen LogP contribution in [-0.4, -0.2) is 79.6 Å². The van der Waals surface area contributed by atoms with Crippen LogP contribution in [-0.2, 0) is 0 Å². The summed E-state index contributed by atoms with van der Waals surface area (Å²) in [5.74, 6) is 0.767. The zero-order valence-electron chi connectivity index (χ0n) is 14.6. The molecule has 0 bridgehead atoms. The van der Waals surface area contributed by atoms with E-state index >= 15 is 0 Å². The fraction of sp³-hybridized carbons (Fsp3) is 1.00. The van der Waals surface area contributed by atoms with Crippen molar-refractivity contribution in [2.75, 3.05) is 53.4 Å². The summed E-state index contributed by atoms with van der Waals surface area (Å²) in [6.07, 6.45) is 5.15. The fourth-order valence-electron chi connectivity index (χ4n) is 4.12. The van der Waals surface area contributed by atoms with E-state index in [0.29, 0.717) is 6.04 Å². The predicted molar refractivity (Wildman–Crippen MR) is 90.6 cm³/mol. The molecule has 0 aromatic carbocycles. The molecule has 2 rings (SSSR count). The third kappa shape index (κ3) is 4.19. The lowest BCUT2D eigenvalue weighted by Crippen LogP contribution is -2.63. The number of likely N-dealkylation sites (tertiary alicyclic amines) is 2. The molecule has 0 aromatic rings. The number of piperidine rings is 2. The zero-order valence-corrected chi connectivity index (χ0v) is 14.6. The first-order valence-corrected chi connectivity index (χ1v) is 8.81. The summed E-state index contributed by atoms with van der Waals surface area (Å²) in [6.45, 7) is 11.6. The van der Waals surface area contributed by atoms with E-state index in [9.17, 15) is 0 Å². The molecule has 124 valence electrons. The molecule has 2 aliphatic rings. The van der Waals surface area contributed by atoms with Crippen molar-refractivity contribution in [3.63, 3.8) is 0 Å². The van der Waals surface area contributed by atoms with Gasteiger partial charge in [-0.2, -0.15) is 0 Å². The quantitative estimate of drug-likeness (QED) is 0.833. The van der Waals surface area contributed by atoms with Crippen molar-refractivity contribution < 1.29 is 0 Å². The van der Waals surface area contributed by atoms with Crippen molar-refractivity contribution >= 4 is 0 Å². The van der Waals surface area contributed by atoms with Gasteiger partial charge in [-0.3, -0.25) is 4.90 Å². The van der Waals surface area contributed by atoms with Gasteiger partial charge in [0.2, 0.25) is 0 Å². The van der Waals surface area contributed by atoms with Crippen molar-refractivity contribution in [1.82, 2.24) is 14.7 Å². The van der Waals surface area contributed by atoms with Gasteiger partial charge in [0.1, 0.15) is 0 Å². The van der Waals surface area contributed by atoms with E-state index in [0.717, 1.165) is 12.5 Å². The van der Waals surface area contributed by atoms with Crippen LogP contribution in [0.5, 0.6) is 0 Å². The molecule has 4 nitrogen and oxygen atoms in total. The van der Waals surface area contributed by atoms with Gasteiger partial charge in [-0.05, 0) is 65.3 Å². The van der Waals surface area contributed by atoms with Crippen LogP contribution in [0.1, 0.15) is 39.5 Å². The highest BCUT2D eigenvalue weighted by Gasteiger charge is 2.40. The van der Waals surface area contributed by atoms with Gasteiger partial charge >= 0.3 is 0 Å². The van der Waals surface area contributed by atoms with Gasteiger partial charge < -0.3 is 15.5 Å². The maximum Gasteiger partial charge on any atom is 0.0356 e. The average molecular weight is 297 g/mol. The van der Waals surface area contributed by atoms with Crippen molar-refractivity contribution in [1.29, 1.82) is 0 Å². The molecule has 0 spiro atoms. The van der Waals surface area contributed by atoms with Gasteiger partial charge in [-0.25, -0.2) is 0 Å². The minimum atomic E-state index is 0.266. The topological polar surface area (TPSA) is 35.7 Å². The first-order chi connectivity index (χ1) is 9.97. The Labute approximate surface area is 131 Å². The zero-order chi connectivity index (χ0) is 15.5. The van der Waals surface area contributed by atoms with Gasteiger partial charge in [0, 0.05) is 31.2 Å². The number of likely N-dealkylation sites (N-methyl/N-ethyl adjacent to an activating group) is 1. The number of nitrogens with two attached hydrogens (primary N) is 1. The van der Waals surface area contributed by atoms with Gasteiger partial charge in [0.05, 0.1) is 0 Å². The number of hydrogen-bond donors (Lipinski definition) is 1. The highest BCUT2D eigenvalue weighted by atomic mass is 15.3. The lowest BCUT2D eigenvalue weighted by atomic mass is 9.83. The molecule has 4 heteroatoms. The number of hydrogen-bond acceptors (Lipinski definition) is 4. The number of rotatable bonds is 5. The molecule has 1 unspecified atom stereocenters. The van der Waals surface area contributed by atoms with Crippen LogP contribution < -0.4 is 5.73 Å². The largest absolute Gasteiger partial charge is 0.329 e. The highest BCUT2D eigenvalue weighted by Crippen LogP contribution is 2.31. The fourth-order valence-corrected chi connectivity index (χ4v) is 4.12. The Morgan fingerprint density at radius 1 is 1.19 bits per heavy atom. The molecule has 2 heterocycles. The van der Waals surface area contributed by atoms with Crippen molar-refractivity contribution in [2.45, 2.75) is 51.1 Å². The summed E-state index contributed by atoms with van der Waals surface area (Å²) in [5, 5.41) is 0. The molecular weight excluding hydrogens is 260 g/mol. The number of nitrogens with zero attached hydrogens (tertiary/aromatic N) is 3. The Morgan fingerprint density at radius 2 is 1.86 bits per heavy atom. The second kappa shape index (κ2) is 7.40. The summed E-state index contributed by atoms with van der Waals surface area (Å²) >= 11 is 0. The molecular formula is C17H36N4. The molecule has 0 aromatic heterocycles. The normalized spacial score (nSPS) is 28.4. The Balaban J connectivity index is 1.96. The lowest BCUT2D eigenvalue weighted by Gasteiger charge is -2.52. The predicted octanol–water partition coefficient (Wildman–Crippen LogP) is 1.46. The Morgan fingerprint density at radius 3 is 2.38 bits per heavy atom. The molecule has 1 atom stereocenters. The van der Waals surface area contributed by atoms with E-state index < -0.39 is 0 Å². The van der Waals surface area contributed by atoms with Gasteiger partial charge in [0.25, 0.3) is 0 Å². The van der Waals surface area contributed by atoms with Crippen molar-refractivity contribution in [3.05, 3.63) is 0 Å². The molecule has 2 aliphatic heterocycles. The molecule has 0 radical (unpaired) electrons. The smallest absolute Gasteiger partial charge is 0.0356 e. The Bertz CT molecular complexity index is 308. The van der Waals surface area contributed by atoms with E-state index in [2.05, 4.69) is 42.6 Å². The van der Waals surface area contributed by atoms with Crippen LogP contribution in [0.3, 0.4) is 0 Å². The molecule has 2 saturated heterocycles. The van der Waals surface area contributed by atoms with Crippen LogP contribution >= 0.6 is 0 Å². The van der Waals surface area contributed by atoms with E-state index in [4.69, 9.17) is 5.73 Å². The molecule has 0 aliphatic carbocycles. The van der Waals surface area contributed by atoms with Crippen LogP contribution in [0.15, 0.2) is 0 Å². The van der Waals surface area contributed by atoms with E-state index in [1.165, 1.54) is 58.4 Å². The van der Waals surface area contributed by atoms with E-state index in [-0.39, 0.29) is 5.54 Å². The third-order valence-corrected chi connectivity index (χ3v) is 5.59. The van der Waals surface area contributed by atoms with E-state index in [1.54, 1.807) is 0 Å². The minimum Gasteiger partial charge on any atom is -0.329 e. The van der Waals surface area contributed by atoms with Crippen LogP contribution in [0.4, 0.5) is 0 Å². The van der Waals surface area contributed by atoms with Crippen LogP contribution in [0, 0.1) is 5.92 Å². The Kier molecular flexibility index (Phi) is 6.06. The monoisotopic (exact) mass is 296 g/mol. The minimum absolute atomic E-state index is 0.266. The molecule has 2 fully saturated rings. The van der Waals surface area contributed by atoms with Crippen molar-refractivity contribution in [3.8, 4) is 0 Å². The van der Waals surface area contributed by atoms with Crippen LogP contribution in [0.2, 0.25) is 0 Å². The summed E-state index contributed by atoms with van der Waals surface area (Å²) < 4.78 is 0.